The van der Waals surface area contributed by atoms with E-state index in [1.165, 1.54) is 24.3 Å². The molecular weight excluding hydrogens is 342 g/mol. The van der Waals surface area contributed by atoms with Crippen molar-refractivity contribution in [2.24, 2.45) is 5.92 Å². The van der Waals surface area contributed by atoms with Crippen LogP contribution >= 0.6 is 0 Å². The molecule has 4 nitrogen and oxygen atoms in total. The second-order valence-electron chi connectivity index (χ2n) is 5.82. The van der Waals surface area contributed by atoms with Gasteiger partial charge in [0.1, 0.15) is 11.5 Å². The summed E-state index contributed by atoms with van der Waals surface area (Å²) in [6.45, 7) is -4.27. The summed E-state index contributed by atoms with van der Waals surface area (Å²) in [6, 6.07) is 3.48. The van der Waals surface area contributed by atoms with Crippen LogP contribution in [-0.4, -0.2) is 37.1 Å². The average Bonchev–Trinajstić information content (AvgIpc) is 3.36. The molecule has 0 saturated heterocycles. The SMILES string of the molecule is CC(C1CC1)N(C)C(=O)/C=C/c1ccc(OC(F)F)cc1OC(F)F. The monoisotopic (exact) mass is 361 g/mol. The van der Waals surface area contributed by atoms with Crippen molar-refractivity contribution >= 4 is 12.0 Å². The van der Waals surface area contributed by atoms with Gasteiger partial charge in [-0.2, -0.15) is 17.6 Å². The van der Waals surface area contributed by atoms with E-state index in [0.29, 0.717) is 5.92 Å². The van der Waals surface area contributed by atoms with Crippen molar-refractivity contribution in [3.63, 3.8) is 0 Å². The Kier molecular flexibility index (Phi) is 6.27. The summed E-state index contributed by atoms with van der Waals surface area (Å²) in [7, 11) is 1.67. The van der Waals surface area contributed by atoms with Gasteiger partial charge in [0.2, 0.25) is 5.91 Å². The van der Waals surface area contributed by atoms with Gasteiger partial charge in [-0.1, -0.05) is 0 Å². The van der Waals surface area contributed by atoms with E-state index < -0.39 is 13.2 Å². The molecule has 8 heteroatoms. The fraction of sp³-hybridized carbons (Fsp3) is 0.471. The molecule has 1 saturated carbocycles. The Labute approximate surface area is 143 Å². The molecule has 0 radical (unpaired) electrons. The fourth-order valence-corrected chi connectivity index (χ4v) is 2.40. The molecule has 0 spiro atoms. The maximum Gasteiger partial charge on any atom is 0.387 e. The molecule has 25 heavy (non-hydrogen) atoms. The van der Waals surface area contributed by atoms with Gasteiger partial charge in [0.25, 0.3) is 0 Å². The quantitative estimate of drug-likeness (QED) is 0.516. The van der Waals surface area contributed by atoms with Crippen molar-refractivity contribution in [1.82, 2.24) is 4.90 Å². The highest BCUT2D eigenvalue weighted by Gasteiger charge is 2.31. The van der Waals surface area contributed by atoms with Gasteiger partial charge in [-0.05, 0) is 43.9 Å². The zero-order valence-electron chi connectivity index (χ0n) is 13.8. The van der Waals surface area contributed by atoms with Gasteiger partial charge in [-0.25, -0.2) is 0 Å². The van der Waals surface area contributed by atoms with E-state index in [4.69, 9.17) is 0 Å². The van der Waals surface area contributed by atoms with E-state index in [1.807, 2.05) is 6.92 Å². The topological polar surface area (TPSA) is 38.8 Å². The number of benzene rings is 1. The van der Waals surface area contributed by atoms with Crippen LogP contribution in [0.15, 0.2) is 24.3 Å². The number of rotatable bonds is 8. The van der Waals surface area contributed by atoms with Crippen LogP contribution in [0.4, 0.5) is 17.6 Å². The zero-order valence-corrected chi connectivity index (χ0v) is 13.8. The molecule has 0 aromatic heterocycles. The Bertz CT molecular complexity index is 632. The van der Waals surface area contributed by atoms with Gasteiger partial charge in [-0.15, -0.1) is 0 Å². The summed E-state index contributed by atoms with van der Waals surface area (Å²) < 4.78 is 58.0. The number of likely N-dealkylation sites (N-methyl/N-ethyl adjacent to an activating group) is 1. The number of hydrogen-bond donors (Lipinski definition) is 0. The molecule has 1 aromatic rings. The summed E-state index contributed by atoms with van der Waals surface area (Å²) in [5, 5.41) is 0. The maximum atomic E-state index is 12.5. The first-order valence-corrected chi connectivity index (χ1v) is 7.76. The summed E-state index contributed by atoms with van der Waals surface area (Å²) in [5.41, 5.74) is 0.155. The lowest BCUT2D eigenvalue weighted by Crippen LogP contribution is -2.35. The third kappa shape index (κ3) is 5.65. The zero-order chi connectivity index (χ0) is 18.6. The molecule has 1 atom stereocenters. The highest BCUT2D eigenvalue weighted by Crippen LogP contribution is 2.35. The van der Waals surface area contributed by atoms with Crippen molar-refractivity contribution in [1.29, 1.82) is 0 Å². The van der Waals surface area contributed by atoms with Crippen LogP contribution in [0.3, 0.4) is 0 Å². The number of amides is 1. The van der Waals surface area contributed by atoms with E-state index in [2.05, 4.69) is 9.47 Å². The number of carbonyl (C=O) groups excluding carboxylic acids is 1. The molecule has 1 aliphatic carbocycles. The van der Waals surface area contributed by atoms with Crippen molar-refractivity contribution in [3.8, 4) is 11.5 Å². The van der Waals surface area contributed by atoms with Crippen LogP contribution in [0.2, 0.25) is 0 Å². The van der Waals surface area contributed by atoms with Crippen LogP contribution in [0.5, 0.6) is 11.5 Å². The van der Waals surface area contributed by atoms with Gasteiger partial charge < -0.3 is 14.4 Å². The van der Waals surface area contributed by atoms with Crippen molar-refractivity contribution in [2.45, 2.75) is 39.0 Å². The largest absolute Gasteiger partial charge is 0.435 e. The van der Waals surface area contributed by atoms with E-state index in [1.54, 1.807) is 11.9 Å². The molecule has 1 amide bonds. The second kappa shape index (κ2) is 8.22. The minimum absolute atomic E-state index is 0.0933. The molecule has 0 aliphatic heterocycles. The van der Waals surface area contributed by atoms with E-state index >= 15 is 0 Å². The minimum atomic E-state index is -3.14. The third-order valence-electron chi connectivity index (χ3n) is 4.09. The molecule has 0 heterocycles. The highest BCUT2D eigenvalue weighted by atomic mass is 19.3. The molecule has 138 valence electrons. The van der Waals surface area contributed by atoms with Crippen molar-refractivity contribution < 1.29 is 31.8 Å². The lowest BCUT2D eigenvalue weighted by molar-refractivity contribution is -0.126. The average molecular weight is 361 g/mol. The first kappa shape index (κ1) is 19.1. The Hall–Kier alpha value is -2.25. The lowest BCUT2D eigenvalue weighted by Gasteiger charge is -2.23. The highest BCUT2D eigenvalue weighted by molar-refractivity contribution is 5.92. The Morgan fingerprint density at radius 2 is 1.84 bits per heavy atom. The first-order chi connectivity index (χ1) is 11.8. The number of alkyl halides is 4. The number of ether oxygens (including phenoxy) is 2. The Morgan fingerprint density at radius 3 is 2.40 bits per heavy atom. The molecule has 0 N–H and O–H groups in total. The molecule has 1 unspecified atom stereocenters. The predicted octanol–water partition coefficient (Wildman–Crippen LogP) is 4.16. The molecule has 1 aromatic carbocycles. The van der Waals surface area contributed by atoms with Crippen LogP contribution in [0.25, 0.3) is 6.08 Å². The van der Waals surface area contributed by atoms with Crippen LogP contribution < -0.4 is 9.47 Å². The van der Waals surface area contributed by atoms with Gasteiger partial charge in [-0.3, -0.25) is 4.79 Å². The fourth-order valence-electron chi connectivity index (χ4n) is 2.40. The van der Waals surface area contributed by atoms with Gasteiger partial charge in [0.15, 0.2) is 0 Å². The summed E-state index contributed by atoms with van der Waals surface area (Å²) in [6.07, 6.45) is 4.71. The third-order valence-corrected chi connectivity index (χ3v) is 4.09. The summed E-state index contributed by atoms with van der Waals surface area (Å²) in [4.78, 5) is 13.7. The van der Waals surface area contributed by atoms with Crippen LogP contribution in [0.1, 0.15) is 25.3 Å². The molecule has 2 rings (SSSR count). The van der Waals surface area contributed by atoms with Crippen molar-refractivity contribution in [2.75, 3.05) is 7.05 Å². The van der Waals surface area contributed by atoms with Gasteiger partial charge in [0, 0.05) is 30.8 Å². The number of halogens is 4. The lowest BCUT2D eigenvalue weighted by atomic mass is 10.1. The predicted molar refractivity (Wildman–Crippen MR) is 83.7 cm³/mol. The van der Waals surface area contributed by atoms with Gasteiger partial charge in [0.05, 0.1) is 0 Å². The van der Waals surface area contributed by atoms with Crippen LogP contribution in [0, 0.1) is 5.92 Å². The number of carbonyl (C=O) groups is 1. The molecular formula is C17H19F4NO3. The Morgan fingerprint density at radius 1 is 1.20 bits per heavy atom. The molecule has 1 aliphatic rings. The maximum absolute atomic E-state index is 12.5. The van der Waals surface area contributed by atoms with Gasteiger partial charge >= 0.3 is 13.2 Å². The van der Waals surface area contributed by atoms with Crippen LogP contribution in [-0.2, 0) is 4.79 Å². The summed E-state index contributed by atoms with van der Waals surface area (Å²) in [5.74, 6) is -0.454. The first-order valence-electron chi connectivity index (χ1n) is 7.76. The summed E-state index contributed by atoms with van der Waals surface area (Å²) >= 11 is 0. The second-order valence-corrected chi connectivity index (χ2v) is 5.82. The van der Waals surface area contributed by atoms with E-state index in [-0.39, 0.29) is 29.0 Å². The molecule has 1 fully saturated rings. The van der Waals surface area contributed by atoms with Crippen molar-refractivity contribution in [3.05, 3.63) is 29.8 Å². The number of nitrogens with zero attached hydrogens (tertiary/aromatic N) is 1. The molecule has 0 bridgehead atoms. The standard InChI is InChI=1S/C17H19F4NO3/c1-10(11-3-4-11)22(2)15(23)8-6-12-5-7-13(24-16(18)19)9-14(12)25-17(20)21/h5-11,16-17H,3-4H2,1-2H3/b8-6+. The van der Waals surface area contributed by atoms with E-state index in [9.17, 15) is 22.4 Å². The Balaban J connectivity index is 2.14. The minimum Gasteiger partial charge on any atom is -0.435 e. The number of hydrogen-bond acceptors (Lipinski definition) is 3. The smallest absolute Gasteiger partial charge is 0.387 e. The van der Waals surface area contributed by atoms with E-state index in [0.717, 1.165) is 18.9 Å². The normalized spacial score (nSPS) is 15.7.